The number of fused-ring (bicyclic) bond motifs is 1. The molecule has 0 fully saturated rings. The number of hydrogen-bond acceptors (Lipinski definition) is 4. The summed E-state index contributed by atoms with van der Waals surface area (Å²) in [5, 5.41) is 7.20. The summed E-state index contributed by atoms with van der Waals surface area (Å²) in [4.78, 5) is 13.0. The van der Waals surface area contributed by atoms with Crippen LogP contribution in [0.3, 0.4) is 0 Å². The highest BCUT2D eigenvalue weighted by Crippen LogP contribution is 2.34. The van der Waals surface area contributed by atoms with Crippen LogP contribution in [-0.4, -0.2) is 17.6 Å². The van der Waals surface area contributed by atoms with Crippen LogP contribution in [0.2, 0.25) is 5.02 Å². The molecule has 2 aromatic carbocycles. The molecule has 1 aromatic heterocycles. The lowest BCUT2D eigenvalue weighted by molar-refractivity contribution is 0.0982. The Labute approximate surface area is 172 Å². The van der Waals surface area contributed by atoms with E-state index in [1.807, 2.05) is 48.5 Å². The quantitative estimate of drug-likeness (QED) is 0.520. The number of amides is 1. The van der Waals surface area contributed by atoms with Crippen molar-refractivity contribution in [2.45, 2.75) is 13.8 Å². The van der Waals surface area contributed by atoms with Gasteiger partial charge in [-0.05, 0) is 48.5 Å². The first-order valence-corrected chi connectivity index (χ1v) is 10.1. The second-order valence-corrected chi connectivity index (χ2v) is 8.22. The molecule has 0 saturated carbocycles. The number of carbonyl (C=O) groups excluding carboxylic acids is 1. The van der Waals surface area contributed by atoms with E-state index in [1.54, 1.807) is 0 Å². The number of nitrogens with one attached hydrogen (secondary N) is 2. The number of hydrogen-bond donors (Lipinski definition) is 2. The van der Waals surface area contributed by atoms with Crippen molar-refractivity contribution < 1.29 is 9.53 Å². The maximum Gasteiger partial charge on any atom is 0.269 e. The lowest BCUT2D eigenvalue weighted by atomic mass is 10.2. The van der Waals surface area contributed by atoms with Crippen LogP contribution in [0, 0.1) is 5.92 Å². The van der Waals surface area contributed by atoms with Gasteiger partial charge in [-0.1, -0.05) is 43.6 Å². The van der Waals surface area contributed by atoms with Crippen LogP contribution in [0.5, 0.6) is 5.75 Å². The first kappa shape index (κ1) is 19.6. The number of thiocarbonyl (C=S) groups is 1. The largest absolute Gasteiger partial charge is 0.493 e. The van der Waals surface area contributed by atoms with Gasteiger partial charge in [0, 0.05) is 15.8 Å². The van der Waals surface area contributed by atoms with Crippen molar-refractivity contribution in [3.8, 4) is 5.75 Å². The van der Waals surface area contributed by atoms with Crippen LogP contribution in [0.15, 0.2) is 48.5 Å². The standard InChI is InChI=1S/C20H19ClN2O2S2/c1-12(2)11-25-14-9-7-13(8-10-14)22-20(26)23-19(24)18-17(21)15-5-3-4-6-16(15)27-18/h3-10,12H,11H2,1-2H3,(H2,22,23,24,26). The Morgan fingerprint density at radius 3 is 2.56 bits per heavy atom. The Morgan fingerprint density at radius 1 is 1.19 bits per heavy atom. The number of carbonyl (C=O) groups is 1. The summed E-state index contributed by atoms with van der Waals surface area (Å²) in [6, 6.07) is 15.0. The molecule has 0 aliphatic rings. The van der Waals surface area contributed by atoms with Crippen molar-refractivity contribution in [1.82, 2.24) is 5.32 Å². The van der Waals surface area contributed by atoms with E-state index in [4.69, 9.17) is 28.6 Å². The van der Waals surface area contributed by atoms with Gasteiger partial charge >= 0.3 is 0 Å². The van der Waals surface area contributed by atoms with Gasteiger partial charge in [0.25, 0.3) is 5.91 Å². The Morgan fingerprint density at radius 2 is 1.89 bits per heavy atom. The number of thiophene rings is 1. The van der Waals surface area contributed by atoms with Crippen LogP contribution in [-0.2, 0) is 0 Å². The highest BCUT2D eigenvalue weighted by atomic mass is 35.5. The summed E-state index contributed by atoms with van der Waals surface area (Å²) in [5.74, 6) is 0.933. The second-order valence-electron chi connectivity index (χ2n) is 6.38. The minimum absolute atomic E-state index is 0.212. The van der Waals surface area contributed by atoms with Gasteiger partial charge in [0.15, 0.2) is 5.11 Å². The minimum Gasteiger partial charge on any atom is -0.493 e. The summed E-state index contributed by atoms with van der Waals surface area (Å²) >= 11 is 12.9. The maximum atomic E-state index is 12.5. The fourth-order valence-corrected chi connectivity index (χ4v) is 4.00. The van der Waals surface area contributed by atoms with Crippen LogP contribution in [0.1, 0.15) is 23.5 Å². The smallest absolute Gasteiger partial charge is 0.269 e. The molecule has 0 saturated heterocycles. The molecular weight excluding hydrogens is 400 g/mol. The average molecular weight is 419 g/mol. The van der Waals surface area contributed by atoms with Crippen molar-refractivity contribution in [3.63, 3.8) is 0 Å². The summed E-state index contributed by atoms with van der Waals surface area (Å²) in [6.07, 6.45) is 0. The molecule has 0 radical (unpaired) electrons. The first-order valence-electron chi connectivity index (χ1n) is 8.46. The summed E-state index contributed by atoms with van der Waals surface area (Å²) in [5.41, 5.74) is 0.764. The zero-order valence-electron chi connectivity index (χ0n) is 14.9. The molecule has 0 aliphatic heterocycles. The molecule has 1 heterocycles. The molecule has 0 spiro atoms. The number of halogens is 1. The summed E-state index contributed by atoms with van der Waals surface area (Å²) in [6.45, 7) is 4.86. The Balaban J connectivity index is 1.61. The van der Waals surface area contributed by atoms with Gasteiger partial charge in [0.2, 0.25) is 0 Å². The van der Waals surface area contributed by atoms with E-state index in [2.05, 4.69) is 24.5 Å². The molecule has 27 heavy (non-hydrogen) atoms. The lowest BCUT2D eigenvalue weighted by Gasteiger charge is -2.11. The molecular formula is C20H19ClN2O2S2. The van der Waals surface area contributed by atoms with E-state index in [0.29, 0.717) is 22.4 Å². The molecule has 140 valence electrons. The summed E-state index contributed by atoms with van der Waals surface area (Å²) < 4.78 is 6.61. The predicted octanol–water partition coefficient (Wildman–Crippen LogP) is 5.72. The van der Waals surface area contributed by atoms with Crippen LogP contribution < -0.4 is 15.4 Å². The van der Waals surface area contributed by atoms with E-state index in [1.165, 1.54) is 11.3 Å². The van der Waals surface area contributed by atoms with Gasteiger partial charge in [-0.3, -0.25) is 10.1 Å². The van der Waals surface area contributed by atoms with Crippen molar-refractivity contribution in [3.05, 3.63) is 58.4 Å². The summed E-state index contributed by atoms with van der Waals surface area (Å²) in [7, 11) is 0. The zero-order valence-corrected chi connectivity index (χ0v) is 17.3. The first-order chi connectivity index (χ1) is 12.9. The molecule has 0 bridgehead atoms. The minimum atomic E-state index is -0.324. The normalized spacial score (nSPS) is 10.8. The monoisotopic (exact) mass is 418 g/mol. The highest BCUT2D eigenvalue weighted by molar-refractivity contribution is 7.80. The van der Waals surface area contributed by atoms with E-state index in [0.717, 1.165) is 21.5 Å². The van der Waals surface area contributed by atoms with Crippen LogP contribution in [0.25, 0.3) is 10.1 Å². The van der Waals surface area contributed by atoms with Gasteiger partial charge in [0.05, 0.1) is 11.6 Å². The highest BCUT2D eigenvalue weighted by Gasteiger charge is 2.17. The van der Waals surface area contributed by atoms with Gasteiger partial charge in [0.1, 0.15) is 10.6 Å². The fraction of sp³-hybridized carbons (Fsp3) is 0.200. The van der Waals surface area contributed by atoms with E-state index < -0.39 is 0 Å². The lowest BCUT2D eigenvalue weighted by Crippen LogP contribution is -2.33. The second kappa shape index (κ2) is 8.69. The molecule has 0 aliphatic carbocycles. The average Bonchev–Trinajstić information content (AvgIpc) is 2.98. The molecule has 2 N–H and O–H groups in total. The molecule has 7 heteroatoms. The molecule has 0 atom stereocenters. The SMILES string of the molecule is CC(C)COc1ccc(NC(=S)NC(=O)c2sc3ccccc3c2Cl)cc1. The zero-order chi connectivity index (χ0) is 19.4. The van der Waals surface area contributed by atoms with Gasteiger partial charge in [-0.15, -0.1) is 11.3 Å². The Kier molecular flexibility index (Phi) is 6.31. The van der Waals surface area contributed by atoms with Gasteiger partial charge < -0.3 is 10.1 Å². The van der Waals surface area contributed by atoms with Gasteiger partial charge in [-0.25, -0.2) is 0 Å². The Bertz CT molecular complexity index is 968. The van der Waals surface area contributed by atoms with Crippen LogP contribution >= 0.6 is 35.2 Å². The van der Waals surface area contributed by atoms with E-state index in [9.17, 15) is 4.79 Å². The molecule has 0 unspecified atom stereocenters. The number of rotatable bonds is 5. The molecule has 1 amide bonds. The number of ether oxygens (including phenoxy) is 1. The third kappa shape index (κ3) is 4.97. The van der Waals surface area contributed by atoms with Crippen LogP contribution in [0.4, 0.5) is 5.69 Å². The Hall–Kier alpha value is -2.15. The predicted molar refractivity (Wildman–Crippen MR) is 117 cm³/mol. The van der Waals surface area contributed by atoms with Crippen molar-refractivity contribution in [2.24, 2.45) is 5.92 Å². The van der Waals surface area contributed by atoms with Gasteiger partial charge in [-0.2, -0.15) is 0 Å². The van der Waals surface area contributed by atoms with E-state index >= 15 is 0 Å². The van der Waals surface area contributed by atoms with Crippen molar-refractivity contribution in [2.75, 3.05) is 11.9 Å². The van der Waals surface area contributed by atoms with Crippen molar-refractivity contribution in [1.29, 1.82) is 0 Å². The molecule has 4 nitrogen and oxygen atoms in total. The van der Waals surface area contributed by atoms with Crippen molar-refractivity contribution >= 4 is 61.9 Å². The molecule has 3 aromatic rings. The molecule has 3 rings (SSSR count). The number of anilines is 1. The third-order valence-electron chi connectivity index (χ3n) is 3.66. The van der Waals surface area contributed by atoms with E-state index in [-0.39, 0.29) is 11.0 Å². The third-order valence-corrected chi connectivity index (χ3v) is 5.54. The number of benzene rings is 2. The topological polar surface area (TPSA) is 50.4 Å². The maximum absolute atomic E-state index is 12.5. The fourth-order valence-electron chi connectivity index (χ4n) is 2.38.